The molecule has 1 aromatic rings. The third-order valence-corrected chi connectivity index (χ3v) is 2.89. The predicted octanol–water partition coefficient (Wildman–Crippen LogP) is 1.50. The maximum atomic E-state index is 10.9. The van der Waals surface area contributed by atoms with Crippen LogP contribution in [0.3, 0.4) is 0 Å². The topological polar surface area (TPSA) is 81.8 Å². The molecule has 0 radical (unpaired) electrons. The Morgan fingerprint density at radius 3 is 2.80 bits per heavy atom. The first-order valence-corrected chi connectivity index (χ1v) is 5.01. The van der Waals surface area contributed by atoms with Crippen LogP contribution < -0.4 is 15.2 Å². The normalized spacial score (nSPS) is 13.7. The molecule has 5 nitrogen and oxygen atoms in total. The van der Waals surface area contributed by atoms with Crippen LogP contribution in [0.5, 0.6) is 11.5 Å². The van der Waals surface area contributed by atoms with E-state index in [1.807, 2.05) is 0 Å². The Balaban J connectivity index is 2.63. The van der Waals surface area contributed by atoms with Crippen LogP contribution in [0.4, 0.5) is 5.69 Å². The molecule has 0 aliphatic carbocycles. The second kappa shape index (κ2) is 3.62. The van der Waals surface area contributed by atoms with E-state index in [-0.39, 0.29) is 11.3 Å². The number of carbonyl (C=O) groups is 1. The van der Waals surface area contributed by atoms with Crippen LogP contribution in [0, 0.1) is 0 Å². The van der Waals surface area contributed by atoms with Gasteiger partial charge in [-0.2, -0.15) is 0 Å². The summed E-state index contributed by atoms with van der Waals surface area (Å²) in [5.74, 6) is -0.289. The third-order valence-electron chi connectivity index (χ3n) is 2.03. The number of anilines is 1. The SMILES string of the molecule is Nc1c(Br)c(C(=O)O)cc2c1OCCO2. The highest BCUT2D eigenvalue weighted by atomic mass is 79.9. The molecule has 1 aliphatic rings. The highest BCUT2D eigenvalue weighted by Gasteiger charge is 2.22. The van der Waals surface area contributed by atoms with Gasteiger partial charge in [0.1, 0.15) is 13.2 Å². The maximum absolute atomic E-state index is 10.9. The molecule has 6 heteroatoms. The monoisotopic (exact) mass is 273 g/mol. The Bertz CT molecular complexity index is 433. The quantitative estimate of drug-likeness (QED) is 0.758. The molecule has 1 aromatic carbocycles. The first-order valence-electron chi connectivity index (χ1n) is 4.22. The standard InChI is InChI=1S/C9H8BrNO4/c10-6-4(9(12)13)3-5-8(7(6)11)15-2-1-14-5/h3H,1-2,11H2,(H,12,13). The minimum atomic E-state index is -1.06. The zero-order valence-corrected chi connectivity index (χ0v) is 9.20. The molecule has 0 saturated heterocycles. The Kier molecular flexibility index (Phi) is 2.44. The molecule has 15 heavy (non-hydrogen) atoms. The van der Waals surface area contributed by atoms with Crippen molar-refractivity contribution in [1.29, 1.82) is 0 Å². The van der Waals surface area contributed by atoms with E-state index in [9.17, 15) is 4.79 Å². The lowest BCUT2D eigenvalue weighted by Gasteiger charge is -2.21. The molecule has 0 atom stereocenters. The fourth-order valence-electron chi connectivity index (χ4n) is 1.34. The number of carboxylic acid groups (broad SMARTS) is 1. The van der Waals surface area contributed by atoms with Crippen LogP contribution >= 0.6 is 15.9 Å². The van der Waals surface area contributed by atoms with Crippen molar-refractivity contribution in [1.82, 2.24) is 0 Å². The van der Waals surface area contributed by atoms with Gasteiger partial charge in [0.05, 0.1) is 15.7 Å². The molecule has 1 heterocycles. The van der Waals surface area contributed by atoms with Crippen LogP contribution in [-0.4, -0.2) is 24.3 Å². The van der Waals surface area contributed by atoms with E-state index in [2.05, 4.69) is 15.9 Å². The molecule has 0 aromatic heterocycles. The lowest BCUT2D eigenvalue weighted by atomic mass is 10.1. The number of hydrogen-bond donors (Lipinski definition) is 2. The maximum Gasteiger partial charge on any atom is 0.337 e. The van der Waals surface area contributed by atoms with Crippen molar-refractivity contribution in [3.8, 4) is 11.5 Å². The Labute approximate surface area is 93.9 Å². The van der Waals surface area contributed by atoms with E-state index in [1.54, 1.807) is 0 Å². The third kappa shape index (κ3) is 1.61. The molecule has 0 saturated carbocycles. The fraction of sp³-hybridized carbons (Fsp3) is 0.222. The van der Waals surface area contributed by atoms with Crippen molar-refractivity contribution in [2.75, 3.05) is 18.9 Å². The summed E-state index contributed by atoms with van der Waals surface area (Å²) >= 11 is 3.12. The number of halogens is 1. The molecule has 0 fully saturated rings. The lowest BCUT2D eigenvalue weighted by molar-refractivity contribution is 0.0694. The van der Waals surface area contributed by atoms with E-state index >= 15 is 0 Å². The number of carboxylic acids is 1. The number of benzene rings is 1. The average molecular weight is 274 g/mol. The number of aromatic carboxylic acids is 1. The summed E-state index contributed by atoms with van der Waals surface area (Å²) in [6, 6.07) is 1.40. The van der Waals surface area contributed by atoms with E-state index in [1.165, 1.54) is 6.07 Å². The highest BCUT2D eigenvalue weighted by molar-refractivity contribution is 9.10. The number of nitrogens with two attached hydrogens (primary N) is 1. The smallest absolute Gasteiger partial charge is 0.337 e. The van der Waals surface area contributed by atoms with Crippen molar-refractivity contribution >= 4 is 27.6 Å². The van der Waals surface area contributed by atoms with Crippen molar-refractivity contribution in [3.63, 3.8) is 0 Å². The van der Waals surface area contributed by atoms with Gasteiger partial charge in [-0.25, -0.2) is 4.79 Å². The van der Waals surface area contributed by atoms with Gasteiger partial charge >= 0.3 is 5.97 Å². The molecule has 0 spiro atoms. The second-order valence-electron chi connectivity index (χ2n) is 2.98. The van der Waals surface area contributed by atoms with Gasteiger partial charge in [-0.05, 0) is 22.0 Å². The highest BCUT2D eigenvalue weighted by Crippen LogP contribution is 2.42. The number of ether oxygens (including phenoxy) is 2. The van der Waals surface area contributed by atoms with Crippen molar-refractivity contribution in [2.45, 2.75) is 0 Å². The zero-order valence-electron chi connectivity index (χ0n) is 7.62. The molecule has 0 bridgehead atoms. The predicted molar refractivity (Wildman–Crippen MR) is 56.5 cm³/mol. The van der Waals surface area contributed by atoms with Gasteiger partial charge in [0.15, 0.2) is 11.5 Å². The summed E-state index contributed by atoms with van der Waals surface area (Å²) < 4.78 is 10.9. The lowest BCUT2D eigenvalue weighted by Crippen LogP contribution is -2.17. The fourth-order valence-corrected chi connectivity index (χ4v) is 1.81. The number of nitrogen functional groups attached to an aromatic ring is 1. The summed E-state index contributed by atoms with van der Waals surface area (Å²) in [5.41, 5.74) is 6.05. The van der Waals surface area contributed by atoms with Gasteiger partial charge in [-0.1, -0.05) is 0 Å². The van der Waals surface area contributed by atoms with E-state index in [4.69, 9.17) is 20.3 Å². The van der Waals surface area contributed by atoms with E-state index < -0.39 is 5.97 Å². The van der Waals surface area contributed by atoms with Gasteiger partial charge in [0, 0.05) is 0 Å². The summed E-state index contributed by atoms with van der Waals surface area (Å²) in [6.07, 6.45) is 0. The van der Waals surface area contributed by atoms with Crippen molar-refractivity contribution < 1.29 is 19.4 Å². The van der Waals surface area contributed by atoms with Crippen LogP contribution in [0.2, 0.25) is 0 Å². The minimum absolute atomic E-state index is 0.0664. The first-order chi connectivity index (χ1) is 7.11. The van der Waals surface area contributed by atoms with Gasteiger partial charge < -0.3 is 20.3 Å². The molecule has 3 N–H and O–H groups in total. The Morgan fingerprint density at radius 1 is 1.47 bits per heavy atom. The summed E-state index contributed by atoms with van der Waals surface area (Å²) in [7, 11) is 0. The Hall–Kier alpha value is -1.43. The van der Waals surface area contributed by atoms with Gasteiger partial charge in [-0.3, -0.25) is 0 Å². The molecule has 0 amide bonds. The Morgan fingerprint density at radius 2 is 2.13 bits per heavy atom. The zero-order chi connectivity index (χ0) is 11.0. The molecular formula is C9H8BrNO4. The van der Waals surface area contributed by atoms with Crippen LogP contribution in [0.1, 0.15) is 10.4 Å². The average Bonchev–Trinajstić information content (AvgIpc) is 2.23. The van der Waals surface area contributed by atoms with E-state index in [0.29, 0.717) is 29.2 Å². The summed E-state index contributed by atoms with van der Waals surface area (Å²) in [5, 5.41) is 8.91. The molecule has 1 aliphatic heterocycles. The van der Waals surface area contributed by atoms with E-state index in [0.717, 1.165) is 0 Å². The van der Waals surface area contributed by atoms with Gasteiger partial charge in [0.2, 0.25) is 0 Å². The number of hydrogen-bond acceptors (Lipinski definition) is 4. The van der Waals surface area contributed by atoms with Crippen LogP contribution in [0.15, 0.2) is 10.5 Å². The largest absolute Gasteiger partial charge is 0.486 e. The number of fused-ring (bicyclic) bond motifs is 1. The van der Waals surface area contributed by atoms with Gasteiger partial charge in [-0.15, -0.1) is 0 Å². The minimum Gasteiger partial charge on any atom is -0.486 e. The number of rotatable bonds is 1. The molecule has 0 unspecified atom stereocenters. The second-order valence-corrected chi connectivity index (χ2v) is 3.77. The first kappa shape index (κ1) is 10.1. The van der Waals surface area contributed by atoms with Crippen molar-refractivity contribution in [3.05, 3.63) is 16.1 Å². The summed E-state index contributed by atoms with van der Waals surface area (Å²) in [4.78, 5) is 10.9. The van der Waals surface area contributed by atoms with Crippen LogP contribution in [-0.2, 0) is 0 Å². The molecule has 80 valence electrons. The molecule has 2 rings (SSSR count). The van der Waals surface area contributed by atoms with Gasteiger partial charge in [0.25, 0.3) is 0 Å². The summed E-state index contributed by atoms with van der Waals surface area (Å²) in [6.45, 7) is 0.809. The van der Waals surface area contributed by atoms with Crippen LogP contribution in [0.25, 0.3) is 0 Å². The van der Waals surface area contributed by atoms with Crippen molar-refractivity contribution in [2.24, 2.45) is 0 Å². The molecular weight excluding hydrogens is 266 g/mol.